The summed E-state index contributed by atoms with van der Waals surface area (Å²) in [4.78, 5) is 10.3. The van der Waals surface area contributed by atoms with E-state index in [4.69, 9.17) is 15.2 Å². The van der Waals surface area contributed by atoms with E-state index in [-0.39, 0.29) is 11.4 Å². The van der Waals surface area contributed by atoms with Crippen molar-refractivity contribution >= 4 is 11.4 Å². The lowest BCUT2D eigenvalue weighted by atomic mass is 10.1. The lowest BCUT2D eigenvalue weighted by Gasteiger charge is -2.07. The van der Waals surface area contributed by atoms with E-state index < -0.39 is 4.92 Å². The van der Waals surface area contributed by atoms with Crippen LogP contribution in [0.2, 0.25) is 0 Å². The standard InChI is InChI=1S/C13H11NO3.C13H13NO/c1-17-13-9-11(7-8-12(13)14(15)16)10-5-3-2-4-6-10;1-15-13-9-11(7-8-12(13)14)10-5-3-2-4-6-10/h2-9H,1H3;2-9H,14H2,1H3. The van der Waals surface area contributed by atoms with E-state index in [0.717, 1.165) is 28.0 Å². The number of benzene rings is 4. The Morgan fingerprint density at radius 3 is 1.59 bits per heavy atom. The number of nitrogens with zero attached hydrogens (tertiary/aromatic N) is 1. The van der Waals surface area contributed by atoms with Gasteiger partial charge in [0.05, 0.1) is 24.8 Å². The molecule has 0 heterocycles. The van der Waals surface area contributed by atoms with Crippen LogP contribution in [0.4, 0.5) is 11.4 Å². The summed E-state index contributed by atoms with van der Waals surface area (Å²) in [5.74, 6) is 0.993. The Hall–Kier alpha value is -4.32. The van der Waals surface area contributed by atoms with E-state index in [1.54, 1.807) is 19.2 Å². The number of rotatable bonds is 5. The van der Waals surface area contributed by atoms with Crippen LogP contribution in [0.3, 0.4) is 0 Å². The van der Waals surface area contributed by atoms with E-state index in [1.807, 2.05) is 66.7 Å². The zero-order valence-electron chi connectivity index (χ0n) is 17.9. The van der Waals surface area contributed by atoms with Gasteiger partial charge in [0.25, 0.3) is 0 Å². The van der Waals surface area contributed by atoms with E-state index in [9.17, 15) is 10.1 Å². The van der Waals surface area contributed by atoms with Crippen molar-refractivity contribution in [2.75, 3.05) is 20.0 Å². The van der Waals surface area contributed by atoms with E-state index in [2.05, 4.69) is 12.1 Å². The van der Waals surface area contributed by atoms with Crippen LogP contribution in [0, 0.1) is 10.1 Å². The molecule has 0 amide bonds. The van der Waals surface area contributed by atoms with Gasteiger partial charge in [0.1, 0.15) is 5.75 Å². The molecule has 0 atom stereocenters. The number of hydrogen-bond acceptors (Lipinski definition) is 5. The monoisotopic (exact) mass is 428 g/mol. The third-order valence-electron chi connectivity index (χ3n) is 4.82. The van der Waals surface area contributed by atoms with Crippen LogP contribution < -0.4 is 15.2 Å². The van der Waals surface area contributed by atoms with Gasteiger partial charge in [-0.2, -0.15) is 0 Å². The number of hydrogen-bond donors (Lipinski definition) is 1. The molecule has 0 unspecified atom stereocenters. The minimum absolute atomic E-state index is 0.0211. The summed E-state index contributed by atoms with van der Waals surface area (Å²) in [5.41, 5.74) is 10.6. The smallest absolute Gasteiger partial charge is 0.310 e. The number of nitrogen functional groups attached to an aromatic ring is 1. The molecule has 0 aliphatic carbocycles. The molecule has 0 saturated heterocycles. The summed E-state index contributed by atoms with van der Waals surface area (Å²) in [6.07, 6.45) is 0. The second-order valence-electron chi connectivity index (χ2n) is 6.83. The fourth-order valence-corrected chi connectivity index (χ4v) is 3.16. The molecule has 32 heavy (non-hydrogen) atoms. The molecule has 0 aliphatic heterocycles. The first-order chi connectivity index (χ1) is 15.5. The zero-order valence-corrected chi connectivity index (χ0v) is 17.9. The summed E-state index contributed by atoms with van der Waals surface area (Å²) in [7, 11) is 3.05. The summed E-state index contributed by atoms with van der Waals surface area (Å²) in [5, 5.41) is 10.8. The summed E-state index contributed by atoms with van der Waals surface area (Å²) >= 11 is 0. The predicted molar refractivity (Wildman–Crippen MR) is 128 cm³/mol. The lowest BCUT2D eigenvalue weighted by molar-refractivity contribution is -0.385. The molecule has 6 nitrogen and oxygen atoms in total. The normalized spacial score (nSPS) is 9.94. The molecule has 0 fully saturated rings. The summed E-state index contributed by atoms with van der Waals surface area (Å²) < 4.78 is 10.2. The number of nitro benzene ring substituents is 1. The van der Waals surface area contributed by atoms with Gasteiger partial charge < -0.3 is 15.2 Å². The molecule has 2 N–H and O–H groups in total. The van der Waals surface area contributed by atoms with Crippen LogP contribution in [-0.2, 0) is 0 Å². The van der Waals surface area contributed by atoms with Crippen molar-refractivity contribution in [1.82, 2.24) is 0 Å². The Morgan fingerprint density at radius 1 is 0.656 bits per heavy atom. The number of nitro groups is 1. The van der Waals surface area contributed by atoms with Crippen molar-refractivity contribution in [2.45, 2.75) is 0 Å². The minimum Gasteiger partial charge on any atom is -0.495 e. The van der Waals surface area contributed by atoms with Crippen LogP contribution in [0.5, 0.6) is 11.5 Å². The highest BCUT2D eigenvalue weighted by atomic mass is 16.6. The number of anilines is 1. The van der Waals surface area contributed by atoms with Gasteiger partial charge in [-0.3, -0.25) is 10.1 Å². The third kappa shape index (κ3) is 5.43. The van der Waals surface area contributed by atoms with Gasteiger partial charge in [0.2, 0.25) is 0 Å². The lowest BCUT2D eigenvalue weighted by Crippen LogP contribution is -1.93. The molecule has 162 valence electrons. The molecule has 0 spiro atoms. The van der Waals surface area contributed by atoms with Gasteiger partial charge in [-0.15, -0.1) is 0 Å². The van der Waals surface area contributed by atoms with Crippen LogP contribution in [-0.4, -0.2) is 19.1 Å². The Labute approximate surface area is 187 Å². The van der Waals surface area contributed by atoms with Gasteiger partial charge in [-0.25, -0.2) is 0 Å². The predicted octanol–water partition coefficient (Wildman–Crippen LogP) is 6.21. The van der Waals surface area contributed by atoms with Crippen LogP contribution in [0.25, 0.3) is 22.3 Å². The Kier molecular flexibility index (Phi) is 7.43. The van der Waals surface area contributed by atoms with Gasteiger partial charge in [0.15, 0.2) is 5.75 Å². The van der Waals surface area contributed by atoms with Crippen molar-refractivity contribution in [1.29, 1.82) is 0 Å². The minimum atomic E-state index is -0.451. The van der Waals surface area contributed by atoms with Gasteiger partial charge in [-0.1, -0.05) is 66.7 Å². The third-order valence-corrected chi connectivity index (χ3v) is 4.82. The Morgan fingerprint density at radius 2 is 1.12 bits per heavy atom. The first-order valence-electron chi connectivity index (χ1n) is 9.90. The second-order valence-corrected chi connectivity index (χ2v) is 6.83. The molecule has 0 radical (unpaired) electrons. The van der Waals surface area contributed by atoms with Crippen LogP contribution in [0.15, 0.2) is 97.1 Å². The van der Waals surface area contributed by atoms with Crippen molar-refractivity contribution < 1.29 is 14.4 Å². The van der Waals surface area contributed by atoms with Crippen LogP contribution >= 0.6 is 0 Å². The SMILES string of the molecule is COc1cc(-c2ccccc2)ccc1N.COc1cc(-c2ccccc2)ccc1[N+](=O)[O-]. The van der Waals surface area contributed by atoms with Crippen molar-refractivity contribution in [3.8, 4) is 33.8 Å². The molecule has 4 aromatic rings. The van der Waals surface area contributed by atoms with Gasteiger partial charge >= 0.3 is 5.69 Å². The van der Waals surface area contributed by atoms with Crippen molar-refractivity contribution in [3.05, 3.63) is 107 Å². The average molecular weight is 428 g/mol. The Bertz CT molecular complexity index is 1180. The van der Waals surface area contributed by atoms with Crippen molar-refractivity contribution in [3.63, 3.8) is 0 Å². The maximum absolute atomic E-state index is 10.8. The highest BCUT2D eigenvalue weighted by Gasteiger charge is 2.14. The second kappa shape index (κ2) is 10.6. The maximum atomic E-state index is 10.8. The first-order valence-corrected chi connectivity index (χ1v) is 9.90. The number of methoxy groups -OCH3 is 2. The maximum Gasteiger partial charge on any atom is 0.310 e. The summed E-state index contributed by atoms with van der Waals surface area (Å²) in [6, 6.07) is 30.5. The average Bonchev–Trinajstić information content (AvgIpc) is 2.85. The molecule has 0 aliphatic rings. The fourth-order valence-electron chi connectivity index (χ4n) is 3.16. The molecular weight excluding hydrogens is 404 g/mol. The molecule has 4 rings (SSSR count). The van der Waals surface area contributed by atoms with Gasteiger partial charge in [0, 0.05) is 6.07 Å². The molecular formula is C26H24N2O4. The molecule has 0 bridgehead atoms. The molecule has 4 aromatic carbocycles. The topological polar surface area (TPSA) is 87.6 Å². The quantitative estimate of drug-likeness (QED) is 0.232. The first kappa shape index (κ1) is 22.4. The largest absolute Gasteiger partial charge is 0.495 e. The highest BCUT2D eigenvalue weighted by molar-refractivity contribution is 5.70. The van der Waals surface area contributed by atoms with Crippen molar-refractivity contribution in [2.24, 2.45) is 0 Å². The fraction of sp³-hybridized carbons (Fsp3) is 0.0769. The summed E-state index contributed by atoms with van der Waals surface area (Å²) in [6.45, 7) is 0. The molecule has 0 aromatic heterocycles. The number of ether oxygens (including phenoxy) is 2. The Balaban J connectivity index is 0.000000182. The molecule has 6 heteroatoms. The van der Waals surface area contributed by atoms with E-state index in [1.165, 1.54) is 13.2 Å². The van der Waals surface area contributed by atoms with E-state index >= 15 is 0 Å². The zero-order chi connectivity index (χ0) is 22.9. The van der Waals surface area contributed by atoms with E-state index in [0.29, 0.717) is 5.69 Å². The van der Waals surface area contributed by atoms with Crippen LogP contribution in [0.1, 0.15) is 0 Å². The van der Waals surface area contributed by atoms with Gasteiger partial charge in [-0.05, 0) is 46.5 Å². The number of nitrogens with two attached hydrogens (primary N) is 1. The highest BCUT2D eigenvalue weighted by Crippen LogP contribution is 2.32. The molecule has 0 saturated carbocycles.